The van der Waals surface area contributed by atoms with Gasteiger partial charge in [0, 0.05) is 23.9 Å². The quantitative estimate of drug-likeness (QED) is 0.777. The number of nitrogens with one attached hydrogen (secondary N) is 1. The lowest BCUT2D eigenvalue weighted by molar-refractivity contribution is 0.415. The molecular formula is C17H18N2O. The summed E-state index contributed by atoms with van der Waals surface area (Å²) in [7, 11) is 3.78. The number of aromatic nitrogens is 1. The number of anilines is 1. The summed E-state index contributed by atoms with van der Waals surface area (Å²) < 4.78 is 7.39. The van der Waals surface area contributed by atoms with Crippen molar-refractivity contribution < 1.29 is 4.74 Å². The first-order valence-corrected chi connectivity index (χ1v) is 6.69. The second-order valence-electron chi connectivity index (χ2n) is 4.84. The maximum atomic E-state index is 5.16. The molecule has 3 rings (SSSR count). The molecule has 0 unspecified atom stereocenters. The molecule has 3 nitrogen and oxygen atoms in total. The Hall–Kier alpha value is -2.42. The van der Waals surface area contributed by atoms with Crippen LogP contribution in [0.15, 0.2) is 54.6 Å². The number of benzene rings is 2. The normalized spacial score (nSPS) is 10.7. The summed E-state index contributed by atoms with van der Waals surface area (Å²) in [6.45, 7) is 0.803. The Morgan fingerprint density at radius 2 is 1.80 bits per heavy atom. The SMILES string of the molecule is COc1ccc(NCc2cc3ccccc3n2C)cc1. The summed E-state index contributed by atoms with van der Waals surface area (Å²) in [6.07, 6.45) is 0. The summed E-state index contributed by atoms with van der Waals surface area (Å²) in [5.74, 6) is 0.875. The fourth-order valence-electron chi connectivity index (χ4n) is 2.42. The first kappa shape index (κ1) is 12.6. The Kier molecular flexibility index (Phi) is 3.33. The number of ether oxygens (including phenoxy) is 1. The minimum absolute atomic E-state index is 0.803. The first-order chi connectivity index (χ1) is 9.78. The highest BCUT2D eigenvalue weighted by Crippen LogP contribution is 2.20. The summed E-state index contributed by atoms with van der Waals surface area (Å²) in [5, 5.41) is 4.72. The van der Waals surface area contributed by atoms with E-state index in [0.717, 1.165) is 18.0 Å². The van der Waals surface area contributed by atoms with Gasteiger partial charge in [-0.2, -0.15) is 0 Å². The van der Waals surface area contributed by atoms with Crippen molar-refractivity contribution in [2.75, 3.05) is 12.4 Å². The van der Waals surface area contributed by atoms with Gasteiger partial charge < -0.3 is 14.6 Å². The molecule has 0 saturated carbocycles. The Bertz CT molecular complexity index is 713. The molecule has 0 amide bonds. The van der Waals surface area contributed by atoms with Gasteiger partial charge in [-0.1, -0.05) is 18.2 Å². The van der Waals surface area contributed by atoms with Crippen LogP contribution in [0.1, 0.15) is 5.69 Å². The van der Waals surface area contributed by atoms with Gasteiger partial charge in [0.1, 0.15) is 5.75 Å². The van der Waals surface area contributed by atoms with E-state index in [1.54, 1.807) is 7.11 Å². The third kappa shape index (κ3) is 2.35. The molecule has 2 aromatic carbocycles. The third-order valence-corrected chi connectivity index (χ3v) is 3.61. The molecule has 3 heteroatoms. The fraction of sp³-hybridized carbons (Fsp3) is 0.176. The van der Waals surface area contributed by atoms with Crippen LogP contribution in [0.3, 0.4) is 0 Å². The van der Waals surface area contributed by atoms with Crippen molar-refractivity contribution in [3.8, 4) is 5.75 Å². The zero-order chi connectivity index (χ0) is 13.9. The lowest BCUT2D eigenvalue weighted by atomic mass is 10.2. The number of aryl methyl sites for hydroxylation is 1. The van der Waals surface area contributed by atoms with Crippen molar-refractivity contribution in [1.29, 1.82) is 0 Å². The zero-order valence-electron chi connectivity index (χ0n) is 11.8. The predicted molar refractivity (Wildman–Crippen MR) is 83.2 cm³/mol. The van der Waals surface area contributed by atoms with Crippen LogP contribution in [0, 0.1) is 0 Å². The Morgan fingerprint density at radius 1 is 1.05 bits per heavy atom. The molecule has 20 heavy (non-hydrogen) atoms. The number of rotatable bonds is 4. The molecule has 0 spiro atoms. The number of hydrogen-bond donors (Lipinski definition) is 1. The van der Waals surface area contributed by atoms with E-state index in [1.807, 2.05) is 24.3 Å². The number of para-hydroxylation sites is 1. The molecule has 0 aliphatic heterocycles. The molecule has 1 N–H and O–H groups in total. The molecule has 0 atom stereocenters. The van der Waals surface area contributed by atoms with Gasteiger partial charge in [-0.25, -0.2) is 0 Å². The average Bonchev–Trinajstić information content (AvgIpc) is 2.83. The maximum absolute atomic E-state index is 5.16. The molecule has 0 aliphatic rings. The van der Waals surface area contributed by atoms with Crippen LogP contribution in [0.25, 0.3) is 10.9 Å². The van der Waals surface area contributed by atoms with Crippen molar-refractivity contribution in [2.24, 2.45) is 7.05 Å². The maximum Gasteiger partial charge on any atom is 0.119 e. The summed E-state index contributed by atoms with van der Waals surface area (Å²) >= 11 is 0. The minimum Gasteiger partial charge on any atom is -0.497 e. The standard InChI is InChI=1S/C17H18N2O/c1-19-15(11-13-5-3-4-6-17(13)19)12-18-14-7-9-16(20-2)10-8-14/h3-11,18H,12H2,1-2H3. The molecule has 1 heterocycles. The highest BCUT2D eigenvalue weighted by molar-refractivity contribution is 5.81. The van der Waals surface area contributed by atoms with E-state index in [-0.39, 0.29) is 0 Å². The van der Waals surface area contributed by atoms with Crippen LogP contribution in [0.5, 0.6) is 5.75 Å². The van der Waals surface area contributed by atoms with Crippen molar-refractivity contribution >= 4 is 16.6 Å². The Balaban J connectivity index is 1.77. The van der Waals surface area contributed by atoms with E-state index in [1.165, 1.54) is 16.6 Å². The largest absolute Gasteiger partial charge is 0.497 e. The van der Waals surface area contributed by atoms with Crippen molar-refractivity contribution in [3.05, 3.63) is 60.3 Å². The van der Waals surface area contributed by atoms with Gasteiger partial charge in [-0.3, -0.25) is 0 Å². The summed E-state index contributed by atoms with van der Waals surface area (Å²) in [6, 6.07) is 18.6. The number of nitrogens with zero attached hydrogens (tertiary/aromatic N) is 1. The second kappa shape index (κ2) is 5.29. The van der Waals surface area contributed by atoms with Gasteiger partial charge >= 0.3 is 0 Å². The predicted octanol–water partition coefficient (Wildman–Crippen LogP) is 3.80. The van der Waals surface area contributed by atoms with E-state index in [4.69, 9.17) is 4.74 Å². The molecule has 1 aromatic heterocycles. The number of fused-ring (bicyclic) bond motifs is 1. The molecule has 102 valence electrons. The van der Waals surface area contributed by atoms with E-state index in [2.05, 4.69) is 47.3 Å². The Labute approximate surface area is 118 Å². The van der Waals surface area contributed by atoms with Crippen LogP contribution in [0.2, 0.25) is 0 Å². The molecule has 0 aliphatic carbocycles. The van der Waals surface area contributed by atoms with Crippen LogP contribution in [0.4, 0.5) is 5.69 Å². The second-order valence-corrected chi connectivity index (χ2v) is 4.84. The van der Waals surface area contributed by atoms with Crippen molar-refractivity contribution in [3.63, 3.8) is 0 Å². The molecule has 0 saturated heterocycles. The van der Waals surface area contributed by atoms with E-state index in [0.29, 0.717) is 0 Å². The van der Waals surface area contributed by atoms with Crippen LogP contribution in [-0.2, 0) is 13.6 Å². The summed E-state index contributed by atoms with van der Waals surface area (Å²) in [5.41, 5.74) is 3.62. The smallest absolute Gasteiger partial charge is 0.119 e. The first-order valence-electron chi connectivity index (χ1n) is 6.69. The van der Waals surface area contributed by atoms with E-state index < -0.39 is 0 Å². The topological polar surface area (TPSA) is 26.2 Å². The molecule has 0 radical (unpaired) electrons. The van der Waals surface area contributed by atoms with E-state index in [9.17, 15) is 0 Å². The summed E-state index contributed by atoms with van der Waals surface area (Å²) in [4.78, 5) is 0. The van der Waals surface area contributed by atoms with Crippen LogP contribution in [-0.4, -0.2) is 11.7 Å². The molecule has 3 aromatic rings. The van der Waals surface area contributed by atoms with Crippen molar-refractivity contribution in [1.82, 2.24) is 4.57 Å². The van der Waals surface area contributed by atoms with Gasteiger partial charge in [-0.15, -0.1) is 0 Å². The van der Waals surface area contributed by atoms with Gasteiger partial charge in [0.05, 0.1) is 13.7 Å². The molecule has 0 bridgehead atoms. The number of methoxy groups -OCH3 is 1. The average molecular weight is 266 g/mol. The van der Waals surface area contributed by atoms with Gasteiger partial charge in [-0.05, 0) is 41.8 Å². The Morgan fingerprint density at radius 3 is 2.50 bits per heavy atom. The fourth-order valence-corrected chi connectivity index (χ4v) is 2.42. The van der Waals surface area contributed by atoms with Gasteiger partial charge in [0.25, 0.3) is 0 Å². The molecular weight excluding hydrogens is 248 g/mol. The lowest BCUT2D eigenvalue weighted by Gasteiger charge is -2.08. The highest BCUT2D eigenvalue weighted by atomic mass is 16.5. The zero-order valence-corrected chi connectivity index (χ0v) is 11.8. The monoisotopic (exact) mass is 266 g/mol. The minimum atomic E-state index is 0.803. The van der Waals surface area contributed by atoms with Gasteiger partial charge in [0.2, 0.25) is 0 Å². The number of hydrogen-bond acceptors (Lipinski definition) is 2. The van der Waals surface area contributed by atoms with Crippen LogP contribution < -0.4 is 10.1 Å². The third-order valence-electron chi connectivity index (χ3n) is 3.61. The molecule has 0 fully saturated rings. The van der Waals surface area contributed by atoms with Crippen LogP contribution >= 0.6 is 0 Å². The van der Waals surface area contributed by atoms with Gasteiger partial charge in [0.15, 0.2) is 0 Å². The van der Waals surface area contributed by atoms with Crippen molar-refractivity contribution in [2.45, 2.75) is 6.54 Å². The lowest BCUT2D eigenvalue weighted by Crippen LogP contribution is -2.04. The van der Waals surface area contributed by atoms with E-state index >= 15 is 0 Å². The highest BCUT2D eigenvalue weighted by Gasteiger charge is 2.04.